The van der Waals surface area contributed by atoms with Crippen molar-refractivity contribution >= 4 is 17.2 Å². The van der Waals surface area contributed by atoms with Gasteiger partial charge < -0.3 is 11.1 Å². The molecule has 1 aromatic heterocycles. The summed E-state index contributed by atoms with van der Waals surface area (Å²) in [7, 11) is 0. The highest BCUT2D eigenvalue weighted by atomic mass is 32.1. The summed E-state index contributed by atoms with van der Waals surface area (Å²) in [5, 5.41) is 6.31. The summed E-state index contributed by atoms with van der Waals surface area (Å²) in [6, 6.07) is 7.27. The van der Waals surface area contributed by atoms with E-state index in [9.17, 15) is 4.79 Å². The Morgan fingerprint density at radius 2 is 2.06 bits per heavy atom. The second kappa shape index (κ2) is 5.56. The first-order chi connectivity index (χ1) is 8.25. The van der Waals surface area contributed by atoms with Crippen molar-refractivity contribution in [3.8, 4) is 0 Å². The lowest BCUT2D eigenvalue weighted by molar-refractivity contribution is 0.100. The lowest BCUT2D eigenvalue weighted by Crippen LogP contribution is -2.13. The summed E-state index contributed by atoms with van der Waals surface area (Å²) in [6.07, 6.45) is 1.79. The van der Waals surface area contributed by atoms with Gasteiger partial charge in [0, 0.05) is 30.2 Å². The van der Waals surface area contributed by atoms with Gasteiger partial charge in [0.2, 0.25) is 5.91 Å². The number of benzene rings is 1. The highest BCUT2D eigenvalue weighted by molar-refractivity contribution is 7.09. The number of nitrogens with one attached hydrogen (secondary N) is 1. The van der Waals surface area contributed by atoms with Gasteiger partial charge in [-0.1, -0.05) is 12.1 Å². The lowest BCUT2D eigenvalue weighted by atomic mass is 10.1. The highest BCUT2D eigenvalue weighted by Crippen LogP contribution is 2.06. The fraction of sp³-hybridized carbons (Fsp3) is 0.167. The average molecular weight is 247 g/mol. The van der Waals surface area contributed by atoms with Crippen LogP contribution in [0, 0.1) is 0 Å². The highest BCUT2D eigenvalue weighted by Gasteiger charge is 2.00. The summed E-state index contributed by atoms with van der Waals surface area (Å²) < 4.78 is 0. The molecule has 0 aliphatic carbocycles. The van der Waals surface area contributed by atoms with Gasteiger partial charge in [-0.15, -0.1) is 11.3 Å². The molecule has 4 nitrogen and oxygen atoms in total. The van der Waals surface area contributed by atoms with Crippen molar-refractivity contribution in [3.05, 3.63) is 52.0 Å². The monoisotopic (exact) mass is 247 g/mol. The summed E-state index contributed by atoms with van der Waals surface area (Å²) in [5.41, 5.74) is 6.82. The number of nitrogens with two attached hydrogens (primary N) is 1. The zero-order valence-electron chi connectivity index (χ0n) is 9.22. The maximum atomic E-state index is 10.9. The summed E-state index contributed by atoms with van der Waals surface area (Å²) >= 11 is 1.63. The zero-order chi connectivity index (χ0) is 12.1. The first-order valence-corrected chi connectivity index (χ1v) is 6.11. The molecule has 1 aromatic carbocycles. The normalized spacial score (nSPS) is 10.4. The van der Waals surface area contributed by atoms with E-state index in [2.05, 4.69) is 10.3 Å². The number of hydrogen-bond donors (Lipinski definition) is 2. The predicted octanol–water partition coefficient (Wildman–Crippen LogP) is 1.53. The van der Waals surface area contributed by atoms with Crippen LogP contribution in [0.2, 0.25) is 0 Å². The van der Waals surface area contributed by atoms with Crippen molar-refractivity contribution in [1.29, 1.82) is 0 Å². The molecule has 0 unspecified atom stereocenters. The van der Waals surface area contributed by atoms with Gasteiger partial charge >= 0.3 is 0 Å². The Balaban J connectivity index is 1.85. The van der Waals surface area contributed by atoms with Crippen LogP contribution in [0.5, 0.6) is 0 Å². The molecule has 0 fully saturated rings. The Morgan fingerprint density at radius 3 is 2.65 bits per heavy atom. The first kappa shape index (κ1) is 11.8. The van der Waals surface area contributed by atoms with E-state index in [0.717, 1.165) is 23.7 Å². The van der Waals surface area contributed by atoms with Crippen LogP contribution in [-0.2, 0) is 13.1 Å². The fourth-order valence-corrected chi connectivity index (χ4v) is 2.03. The number of rotatable bonds is 5. The van der Waals surface area contributed by atoms with E-state index in [-0.39, 0.29) is 0 Å². The number of amides is 1. The van der Waals surface area contributed by atoms with Crippen molar-refractivity contribution in [3.63, 3.8) is 0 Å². The van der Waals surface area contributed by atoms with Crippen molar-refractivity contribution in [2.45, 2.75) is 13.1 Å². The van der Waals surface area contributed by atoms with Gasteiger partial charge in [0.1, 0.15) is 5.01 Å². The van der Waals surface area contributed by atoms with E-state index >= 15 is 0 Å². The van der Waals surface area contributed by atoms with Gasteiger partial charge in [0.15, 0.2) is 0 Å². The molecule has 1 heterocycles. The Hall–Kier alpha value is -1.72. The predicted molar refractivity (Wildman–Crippen MR) is 67.6 cm³/mol. The SMILES string of the molecule is NC(=O)c1ccc(CNCc2nccs2)cc1. The van der Waals surface area contributed by atoms with Crippen LogP contribution >= 0.6 is 11.3 Å². The molecule has 1 amide bonds. The van der Waals surface area contributed by atoms with Crippen LogP contribution in [0.3, 0.4) is 0 Å². The van der Waals surface area contributed by atoms with Gasteiger partial charge in [0.25, 0.3) is 0 Å². The van der Waals surface area contributed by atoms with Gasteiger partial charge in [-0.3, -0.25) is 4.79 Å². The molecule has 0 spiro atoms. The quantitative estimate of drug-likeness (QED) is 0.842. The van der Waals surface area contributed by atoms with Crippen molar-refractivity contribution < 1.29 is 4.79 Å². The topological polar surface area (TPSA) is 68.0 Å². The molecule has 0 saturated carbocycles. The average Bonchev–Trinajstić information content (AvgIpc) is 2.83. The molecule has 5 heteroatoms. The molecule has 0 saturated heterocycles. The molecular formula is C12H13N3OS. The van der Waals surface area contributed by atoms with E-state index in [1.807, 2.05) is 17.5 Å². The van der Waals surface area contributed by atoms with E-state index in [4.69, 9.17) is 5.73 Å². The zero-order valence-corrected chi connectivity index (χ0v) is 10.0. The van der Waals surface area contributed by atoms with E-state index in [1.54, 1.807) is 29.7 Å². The summed E-state index contributed by atoms with van der Waals surface area (Å²) in [4.78, 5) is 15.1. The largest absolute Gasteiger partial charge is 0.366 e. The fourth-order valence-electron chi connectivity index (χ4n) is 1.44. The van der Waals surface area contributed by atoms with Crippen LogP contribution in [0.15, 0.2) is 35.8 Å². The van der Waals surface area contributed by atoms with Crippen molar-refractivity contribution in [2.24, 2.45) is 5.73 Å². The molecule has 0 atom stereocenters. The summed E-state index contributed by atoms with van der Waals surface area (Å²) in [6.45, 7) is 1.51. The number of thiazole rings is 1. The number of hydrogen-bond acceptors (Lipinski definition) is 4. The molecule has 2 aromatic rings. The molecule has 88 valence electrons. The van der Waals surface area contributed by atoms with Crippen LogP contribution in [0.1, 0.15) is 20.9 Å². The van der Waals surface area contributed by atoms with E-state index < -0.39 is 5.91 Å². The Kier molecular flexibility index (Phi) is 3.85. The number of primary amides is 1. The van der Waals surface area contributed by atoms with Crippen LogP contribution in [-0.4, -0.2) is 10.9 Å². The molecule has 0 aliphatic heterocycles. The van der Waals surface area contributed by atoms with Gasteiger partial charge in [-0.2, -0.15) is 0 Å². The second-order valence-corrected chi connectivity index (χ2v) is 4.57. The van der Waals surface area contributed by atoms with Gasteiger partial charge in [0.05, 0.1) is 0 Å². The third-order valence-electron chi connectivity index (χ3n) is 2.33. The molecule has 17 heavy (non-hydrogen) atoms. The third kappa shape index (κ3) is 3.37. The third-order valence-corrected chi connectivity index (χ3v) is 3.11. The maximum absolute atomic E-state index is 10.9. The standard InChI is InChI=1S/C12H13N3OS/c13-12(16)10-3-1-9(2-4-10)7-14-8-11-15-5-6-17-11/h1-6,14H,7-8H2,(H2,13,16). The minimum atomic E-state index is -0.396. The van der Waals surface area contributed by atoms with Crippen LogP contribution in [0.25, 0.3) is 0 Å². The van der Waals surface area contributed by atoms with Crippen LogP contribution < -0.4 is 11.1 Å². The van der Waals surface area contributed by atoms with Crippen LogP contribution in [0.4, 0.5) is 0 Å². The van der Waals surface area contributed by atoms with Crippen molar-refractivity contribution in [1.82, 2.24) is 10.3 Å². The molecule has 0 aliphatic rings. The Bertz CT molecular complexity index is 479. The van der Waals surface area contributed by atoms with Gasteiger partial charge in [-0.05, 0) is 17.7 Å². The maximum Gasteiger partial charge on any atom is 0.248 e. The summed E-state index contributed by atoms with van der Waals surface area (Å²) in [5.74, 6) is -0.396. The number of nitrogens with zero attached hydrogens (tertiary/aromatic N) is 1. The number of carbonyl (C=O) groups is 1. The molecule has 2 rings (SSSR count). The molecule has 3 N–H and O–H groups in total. The smallest absolute Gasteiger partial charge is 0.248 e. The molecule has 0 bridgehead atoms. The molecule has 0 radical (unpaired) electrons. The van der Waals surface area contributed by atoms with Crippen molar-refractivity contribution in [2.75, 3.05) is 0 Å². The lowest BCUT2D eigenvalue weighted by Gasteiger charge is -2.03. The van der Waals surface area contributed by atoms with E-state index in [0.29, 0.717) is 5.56 Å². The van der Waals surface area contributed by atoms with Gasteiger partial charge in [-0.25, -0.2) is 4.98 Å². The van der Waals surface area contributed by atoms with E-state index in [1.165, 1.54) is 0 Å². The number of carbonyl (C=O) groups excluding carboxylic acids is 1. The minimum Gasteiger partial charge on any atom is -0.366 e. The Morgan fingerprint density at radius 1 is 1.29 bits per heavy atom. The first-order valence-electron chi connectivity index (χ1n) is 5.23. The second-order valence-electron chi connectivity index (χ2n) is 3.59. The minimum absolute atomic E-state index is 0.396. The number of aromatic nitrogens is 1. The Labute approximate surface area is 103 Å². The molecular weight excluding hydrogens is 234 g/mol.